The first kappa shape index (κ1) is 19.3. The second-order valence-electron chi connectivity index (χ2n) is 8.27. The average Bonchev–Trinajstić information content (AvgIpc) is 2.78. The first-order valence-electron chi connectivity index (χ1n) is 10.5. The summed E-state index contributed by atoms with van der Waals surface area (Å²) >= 11 is 0. The van der Waals surface area contributed by atoms with E-state index in [-0.39, 0.29) is 17.0 Å². The molecule has 0 saturated carbocycles. The molecule has 0 heterocycles. The van der Waals surface area contributed by atoms with E-state index in [4.69, 9.17) is 0 Å². The fraction of sp³-hybridized carbons (Fsp3) is 0.185. The van der Waals surface area contributed by atoms with Gasteiger partial charge in [-0.15, -0.1) is 0 Å². The van der Waals surface area contributed by atoms with Crippen molar-refractivity contribution in [1.29, 1.82) is 0 Å². The van der Waals surface area contributed by atoms with Gasteiger partial charge in [0.15, 0.2) is 0 Å². The quantitative estimate of drug-likeness (QED) is 0.692. The highest BCUT2D eigenvalue weighted by molar-refractivity contribution is 5.96. The molecular formula is C27H22O4. The van der Waals surface area contributed by atoms with Crippen molar-refractivity contribution in [2.75, 3.05) is 0 Å². The zero-order valence-electron chi connectivity index (χ0n) is 17.0. The predicted molar refractivity (Wildman–Crippen MR) is 118 cm³/mol. The topological polar surface area (TPSA) is 74.6 Å². The summed E-state index contributed by atoms with van der Waals surface area (Å²) in [5.41, 5.74) is 3.31. The van der Waals surface area contributed by atoms with Gasteiger partial charge in [0, 0.05) is 0 Å². The number of benzene rings is 3. The summed E-state index contributed by atoms with van der Waals surface area (Å²) in [7, 11) is 0. The van der Waals surface area contributed by atoms with Crippen LogP contribution >= 0.6 is 0 Å². The van der Waals surface area contributed by atoms with Crippen LogP contribution in [-0.4, -0.2) is 22.2 Å². The monoisotopic (exact) mass is 410 g/mol. The van der Waals surface area contributed by atoms with Crippen LogP contribution in [0.1, 0.15) is 43.8 Å². The van der Waals surface area contributed by atoms with Crippen molar-refractivity contribution in [3.05, 3.63) is 103 Å². The Morgan fingerprint density at radius 1 is 0.806 bits per heavy atom. The van der Waals surface area contributed by atoms with Gasteiger partial charge in [-0.05, 0) is 81.3 Å². The maximum Gasteiger partial charge on any atom is 0.335 e. The first-order valence-corrected chi connectivity index (χ1v) is 10.5. The van der Waals surface area contributed by atoms with Crippen LogP contribution in [0, 0.1) is 16.4 Å². The lowest BCUT2D eigenvalue weighted by atomic mass is 9.81. The Kier molecular flexibility index (Phi) is 4.70. The minimum Gasteiger partial charge on any atom is -0.478 e. The molecule has 0 aromatic heterocycles. The first-order chi connectivity index (χ1) is 15.0. The number of fused-ring (bicyclic) bond motifs is 4. The molecule has 0 radical (unpaired) electrons. The van der Waals surface area contributed by atoms with Crippen LogP contribution in [0.15, 0.2) is 54.6 Å². The summed E-state index contributed by atoms with van der Waals surface area (Å²) in [6.07, 6.45) is 7.59. The Balaban J connectivity index is 1.60. The number of hydrogen-bond donors (Lipinski definition) is 2. The van der Waals surface area contributed by atoms with Crippen LogP contribution in [0.2, 0.25) is 0 Å². The molecule has 3 aromatic rings. The van der Waals surface area contributed by atoms with Gasteiger partial charge in [0.1, 0.15) is 0 Å². The summed E-state index contributed by atoms with van der Waals surface area (Å²) in [5, 5.41) is 24.2. The molecule has 0 spiro atoms. The van der Waals surface area contributed by atoms with Gasteiger partial charge in [-0.3, -0.25) is 0 Å². The van der Waals surface area contributed by atoms with Gasteiger partial charge in [-0.25, -0.2) is 9.59 Å². The maximum atomic E-state index is 11.7. The highest BCUT2D eigenvalue weighted by Crippen LogP contribution is 2.26. The van der Waals surface area contributed by atoms with E-state index in [1.165, 1.54) is 50.2 Å². The molecule has 1 unspecified atom stereocenters. The van der Waals surface area contributed by atoms with Crippen LogP contribution in [0.25, 0.3) is 12.2 Å². The minimum absolute atomic E-state index is 0.0794. The lowest BCUT2D eigenvalue weighted by molar-refractivity contribution is 0.0695. The number of carboxylic acid groups (broad SMARTS) is 2. The molecule has 0 bridgehead atoms. The fourth-order valence-corrected chi connectivity index (χ4v) is 5.08. The van der Waals surface area contributed by atoms with Gasteiger partial charge in [0.05, 0.1) is 11.1 Å². The number of aromatic carboxylic acids is 2. The van der Waals surface area contributed by atoms with E-state index < -0.39 is 11.9 Å². The molecule has 5 rings (SSSR count). The Morgan fingerprint density at radius 2 is 1.55 bits per heavy atom. The molecule has 31 heavy (non-hydrogen) atoms. The number of carbonyl (C=O) groups is 2. The molecule has 154 valence electrons. The lowest BCUT2D eigenvalue weighted by Crippen LogP contribution is -2.24. The number of hydrogen-bond acceptors (Lipinski definition) is 2. The summed E-state index contributed by atoms with van der Waals surface area (Å²) in [4.78, 5) is 23.4. The van der Waals surface area contributed by atoms with E-state index in [0.717, 1.165) is 19.3 Å². The van der Waals surface area contributed by atoms with Crippen molar-refractivity contribution in [2.45, 2.75) is 25.7 Å². The van der Waals surface area contributed by atoms with Gasteiger partial charge < -0.3 is 10.2 Å². The van der Waals surface area contributed by atoms with Crippen molar-refractivity contribution in [2.24, 2.45) is 5.92 Å². The smallest absolute Gasteiger partial charge is 0.335 e. The minimum atomic E-state index is -1.09. The Morgan fingerprint density at radius 3 is 2.29 bits per heavy atom. The van der Waals surface area contributed by atoms with Crippen LogP contribution in [-0.2, 0) is 19.3 Å². The average molecular weight is 410 g/mol. The molecule has 3 aromatic carbocycles. The fourth-order valence-electron chi connectivity index (χ4n) is 5.08. The van der Waals surface area contributed by atoms with Gasteiger partial charge in [0.25, 0.3) is 0 Å². The summed E-state index contributed by atoms with van der Waals surface area (Å²) < 4.78 is 0. The highest BCUT2D eigenvalue weighted by atomic mass is 16.4. The van der Waals surface area contributed by atoms with Crippen molar-refractivity contribution >= 4 is 24.1 Å². The predicted octanol–water partition coefficient (Wildman–Crippen LogP) is 3.29. The largest absolute Gasteiger partial charge is 0.478 e. The van der Waals surface area contributed by atoms with Gasteiger partial charge in [-0.1, -0.05) is 54.6 Å². The molecule has 2 aliphatic rings. The Hall–Kier alpha value is -3.66. The van der Waals surface area contributed by atoms with E-state index in [9.17, 15) is 19.8 Å². The van der Waals surface area contributed by atoms with E-state index >= 15 is 0 Å². The molecule has 0 fully saturated rings. The zero-order valence-corrected chi connectivity index (χ0v) is 17.0. The van der Waals surface area contributed by atoms with Crippen molar-refractivity contribution < 1.29 is 19.8 Å². The third-order valence-corrected chi connectivity index (χ3v) is 6.53. The number of rotatable bonds is 4. The summed E-state index contributed by atoms with van der Waals surface area (Å²) in [6.45, 7) is 0. The molecular weight excluding hydrogens is 388 g/mol. The Bertz CT molecular complexity index is 1420. The van der Waals surface area contributed by atoms with Gasteiger partial charge in [0.2, 0.25) is 0 Å². The standard InChI is InChI=1S/C27H22O4/c28-26(29)23-6-3-7-24(27(30)31)25(23)15-16-8-11-20-18(14-16)10-13-21-19-5-2-1-4-17(19)9-12-22(20)21/h1-7,9-10,13-14,16H,8,11-12,15H2,(H,28,29)(H,30,31). The third kappa shape index (κ3) is 3.34. The molecule has 0 aliphatic heterocycles. The van der Waals surface area contributed by atoms with Crippen molar-refractivity contribution in [3.8, 4) is 0 Å². The molecule has 2 aliphatic carbocycles. The molecule has 0 amide bonds. The van der Waals surface area contributed by atoms with E-state index in [0.29, 0.717) is 12.0 Å². The van der Waals surface area contributed by atoms with Gasteiger partial charge in [-0.2, -0.15) is 0 Å². The molecule has 4 nitrogen and oxygen atoms in total. The molecule has 1 atom stereocenters. The lowest BCUT2D eigenvalue weighted by Gasteiger charge is -2.23. The molecule has 0 saturated heterocycles. The summed E-state index contributed by atoms with van der Waals surface area (Å²) in [5.74, 6) is -2.07. The normalized spacial score (nSPS) is 16.2. The maximum absolute atomic E-state index is 11.7. The van der Waals surface area contributed by atoms with Crippen LogP contribution in [0.5, 0.6) is 0 Å². The second kappa shape index (κ2) is 7.55. The third-order valence-electron chi connectivity index (χ3n) is 6.53. The van der Waals surface area contributed by atoms with Gasteiger partial charge >= 0.3 is 11.9 Å². The highest BCUT2D eigenvalue weighted by Gasteiger charge is 2.23. The molecule has 2 N–H and O–H groups in total. The second-order valence-corrected chi connectivity index (χ2v) is 8.27. The molecule has 4 heteroatoms. The zero-order chi connectivity index (χ0) is 21.5. The Labute approximate surface area is 179 Å². The SMILES string of the molecule is O=C(O)c1cccc(C(=O)O)c1CC1C=c2ccc3c(c2CC1)CC=c1ccccc1=3. The van der Waals surface area contributed by atoms with Crippen LogP contribution in [0.4, 0.5) is 0 Å². The van der Waals surface area contributed by atoms with Crippen LogP contribution in [0.3, 0.4) is 0 Å². The van der Waals surface area contributed by atoms with Crippen molar-refractivity contribution in [3.63, 3.8) is 0 Å². The van der Waals surface area contributed by atoms with E-state index in [1.54, 1.807) is 0 Å². The van der Waals surface area contributed by atoms with Crippen LogP contribution < -0.4 is 10.4 Å². The van der Waals surface area contributed by atoms with E-state index in [1.807, 2.05) is 0 Å². The van der Waals surface area contributed by atoms with E-state index in [2.05, 4.69) is 48.6 Å². The summed E-state index contributed by atoms with van der Waals surface area (Å²) in [6, 6.07) is 17.3. The number of carboxylic acids is 2. The van der Waals surface area contributed by atoms with Crippen molar-refractivity contribution in [1.82, 2.24) is 0 Å².